The summed E-state index contributed by atoms with van der Waals surface area (Å²) in [6.07, 6.45) is 0.220. The Bertz CT molecular complexity index is 2170. The standard InChI is InChI=1S/C58H69N2O10P/c1-42(2)60(43(3)4)71(69-38-12-37-59)70-41-56(5,39-67-57(44-13-25-50(61-6)26-14-44,45-15-27-51(62-7)28-16-45)46-17-29-52(63-8)30-18-46)40-68-58(47-19-31-53(64-9)32-20-47,48-21-33-54(65-10)34-22-48)49-23-35-55(66-11)36-24-49/h13-36,42-43H,12,38-41H2,1-11H3. The normalized spacial score (nSPS) is 12.4. The summed E-state index contributed by atoms with van der Waals surface area (Å²) in [5.74, 6) is 4.22. The van der Waals surface area contributed by atoms with Crippen LogP contribution in [0.2, 0.25) is 0 Å². The Labute approximate surface area is 422 Å². The van der Waals surface area contributed by atoms with E-state index in [-0.39, 0.29) is 44.9 Å². The average Bonchev–Trinajstić information content (AvgIpc) is 3.41. The molecule has 0 aliphatic rings. The largest absolute Gasteiger partial charge is 0.497 e. The van der Waals surface area contributed by atoms with Crippen molar-refractivity contribution in [1.29, 1.82) is 5.26 Å². The van der Waals surface area contributed by atoms with Crippen molar-refractivity contribution in [3.63, 3.8) is 0 Å². The molecule has 6 aromatic rings. The third kappa shape index (κ3) is 12.7. The molecule has 0 aromatic heterocycles. The molecule has 0 aliphatic carbocycles. The fourth-order valence-corrected chi connectivity index (χ4v) is 10.4. The summed E-state index contributed by atoms with van der Waals surface area (Å²) in [7, 11) is 8.25. The molecule has 376 valence electrons. The summed E-state index contributed by atoms with van der Waals surface area (Å²) in [5, 5.41) is 9.57. The Morgan fingerprint density at radius 1 is 0.423 bits per heavy atom. The van der Waals surface area contributed by atoms with E-state index in [1.807, 2.05) is 146 Å². The molecule has 1 unspecified atom stereocenters. The van der Waals surface area contributed by atoms with Crippen molar-refractivity contribution in [3.05, 3.63) is 179 Å². The zero-order valence-electron chi connectivity index (χ0n) is 43.0. The van der Waals surface area contributed by atoms with Crippen molar-refractivity contribution in [2.75, 3.05) is 69.1 Å². The minimum atomic E-state index is -1.67. The average molecular weight is 985 g/mol. The topological polar surface area (TPSA) is 119 Å². The monoisotopic (exact) mass is 984 g/mol. The summed E-state index contributed by atoms with van der Waals surface area (Å²) in [6.45, 7) is 11.2. The zero-order valence-corrected chi connectivity index (χ0v) is 43.9. The molecule has 0 fully saturated rings. The van der Waals surface area contributed by atoms with Gasteiger partial charge in [-0.05, 0) is 134 Å². The molecule has 71 heavy (non-hydrogen) atoms. The molecule has 12 nitrogen and oxygen atoms in total. The van der Waals surface area contributed by atoms with Gasteiger partial charge < -0.3 is 46.9 Å². The predicted molar refractivity (Wildman–Crippen MR) is 279 cm³/mol. The molecule has 0 saturated heterocycles. The van der Waals surface area contributed by atoms with E-state index >= 15 is 0 Å². The first kappa shape index (κ1) is 54.2. The van der Waals surface area contributed by atoms with Crippen molar-refractivity contribution in [3.8, 4) is 40.6 Å². The lowest BCUT2D eigenvalue weighted by Crippen LogP contribution is -2.44. The van der Waals surface area contributed by atoms with Crippen LogP contribution in [0, 0.1) is 16.7 Å². The van der Waals surface area contributed by atoms with Crippen LogP contribution in [0.3, 0.4) is 0 Å². The highest BCUT2D eigenvalue weighted by molar-refractivity contribution is 7.44. The van der Waals surface area contributed by atoms with E-state index in [9.17, 15) is 5.26 Å². The van der Waals surface area contributed by atoms with Crippen LogP contribution in [-0.4, -0.2) is 85.8 Å². The quantitative estimate of drug-likeness (QED) is 0.0278. The molecule has 13 heteroatoms. The van der Waals surface area contributed by atoms with E-state index in [0.717, 1.165) is 33.4 Å². The number of hydrogen-bond donors (Lipinski definition) is 0. The van der Waals surface area contributed by atoms with Gasteiger partial charge in [-0.15, -0.1) is 0 Å². The van der Waals surface area contributed by atoms with Crippen LogP contribution in [0.5, 0.6) is 34.5 Å². The van der Waals surface area contributed by atoms with Crippen LogP contribution in [0.4, 0.5) is 0 Å². The van der Waals surface area contributed by atoms with Gasteiger partial charge in [0.1, 0.15) is 45.7 Å². The number of benzene rings is 6. The Balaban J connectivity index is 1.58. The molecule has 0 amide bonds. The van der Waals surface area contributed by atoms with Crippen molar-refractivity contribution >= 4 is 8.53 Å². The lowest BCUT2D eigenvalue weighted by atomic mass is 9.79. The number of ether oxygens (including phenoxy) is 8. The van der Waals surface area contributed by atoms with E-state index in [0.29, 0.717) is 34.5 Å². The highest BCUT2D eigenvalue weighted by atomic mass is 31.2. The van der Waals surface area contributed by atoms with E-state index < -0.39 is 25.1 Å². The fraction of sp³-hybridized carbons (Fsp3) is 0.362. The highest BCUT2D eigenvalue weighted by Crippen LogP contribution is 2.50. The van der Waals surface area contributed by atoms with Gasteiger partial charge in [-0.25, -0.2) is 4.67 Å². The van der Waals surface area contributed by atoms with Crippen LogP contribution >= 0.6 is 8.53 Å². The molecule has 0 heterocycles. The fourth-order valence-electron chi connectivity index (χ4n) is 8.67. The van der Waals surface area contributed by atoms with Gasteiger partial charge in [-0.1, -0.05) is 79.7 Å². The Hall–Kier alpha value is -6.16. The van der Waals surface area contributed by atoms with E-state index in [1.54, 1.807) is 42.7 Å². The molecular formula is C58H69N2O10P. The van der Waals surface area contributed by atoms with Crippen LogP contribution < -0.4 is 28.4 Å². The van der Waals surface area contributed by atoms with Crippen LogP contribution in [0.25, 0.3) is 0 Å². The van der Waals surface area contributed by atoms with Gasteiger partial charge in [0.05, 0.1) is 81.6 Å². The molecular weight excluding hydrogens is 916 g/mol. The molecule has 6 aromatic carbocycles. The maximum absolute atomic E-state index is 9.57. The minimum absolute atomic E-state index is 0.0719. The summed E-state index contributed by atoms with van der Waals surface area (Å²) < 4.78 is 65.2. The number of hydrogen-bond acceptors (Lipinski definition) is 12. The maximum Gasteiger partial charge on any atom is 0.259 e. The van der Waals surface area contributed by atoms with Crippen LogP contribution in [0.15, 0.2) is 146 Å². The SMILES string of the molecule is COc1ccc(C(OCC(C)(COP(OCCC#N)N(C(C)C)C(C)C)COC(c2ccc(OC)cc2)(c2ccc(OC)cc2)c2ccc(OC)cc2)(c2ccc(OC)cc2)c2ccc(OC)cc2)cc1. The van der Waals surface area contributed by atoms with Gasteiger partial charge in [0.15, 0.2) is 0 Å². The number of methoxy groups -OCH3 is 6. The third-order valence-corrected chi connectivity index (χ3v) is 14.5. The lowest BCUT2D eigenvalue weighted by Gasteiger charge is -2.43. The summed E-state index contributed by atoms with van der Waals surface area (Å²) >= 11 is 0. The first-order chi connectivity index (χ1) is 34.3. The molecule has 0 radical (unpaired) electrons. The van der Waals surface area contributed by atoms with Gasteiger partial charge in [0.2, 0.25) is 0 Å². The van der Waals surface area contributed by atoms with Crippen molar-refractivity contribution in [2.24, 2.45) is 5.41 Å². The number of rotatable bonds is 27. The Morgan fingerprint density at radius 3 is 0.887 bits per heavy atom. The van der Waals surface area contributed by atoms with Crippen LogP contribution in [-0.2, 0) is 29.7 Å². The maximum atomic E-state index is 9.57. The van der Waals surface area contributed by atoms with Gasteiger partial charge in [-0.2, -0.15) is 5.26 Å². The number of nitrogens with zero attached hydrogens (tertiary/aromatic N) is 2. The molecule has 1 atom stereocenters. The zero-order chi connectivity index (χ0) is 51.0. The molecule has 0 bridgehead atoms. The van der Waals surface area contributed by atoms with Gasteiger partial charge in [0, 0.05) is 17.5 Å². The second kappa shape index (κ2) is 25.3. The Kier molecular flexibility index (Phi) is 19.3. The second-order valence-corrected chi connectivity index (χ2v) is 19.4. The first-order valence-electron chi connectivity index (χ1n) is 23.7. The molecule has 6 rings (SSSR count). The minimum Gasteiger partial charge on any atom is -0.497 e. The summed E-state index contributed by atoms with van der Waals surface area (Å²) in [6, 6.07) is 50.1. The van der Waals surface area contributed by atoms with Crippen molar-refractivity contribution in [2.45, 2.75) is 64.3 Å². The van der Waals surface area contributed by atoms with Crippen molar-refractivity contribution in [1.82, 2.24) is 4.67 Å². The predicted octanol–water partition coefficient (Wildman–Crippen LogP) is 12.4. The molecule has 0 spiro atoms. The Morgan fingerprint density at radius 2 is 0.676 bits per heavy atom. The number of nitriles is 1. The van der Waals surface area contributed by atoms with Gasteiger partial charge in [-0.3, -0.25) is 0 Å². The smallest absolute Gasteiger partial charge is 0.259 e. The molecule has 0 saturated carbocycles. The summed E-state index contributed by atoms with van der Waals surface area (Å²) in [5.41, 5.74) is 1.80. The van der Waals surface area contributed by atoms with E-state index in [4.69, 9.17) is 46.9 Å². The van der Waals surface area contributed by atoms with Gasteiger partial charge in [0.25, 0.3) is 8.53 Å². The summed E-state index contributed by atoms with van der Waals surface area (Å²) in [4.78, 5) is 0. The molecule has 0 aliphatic heterocycles. The third-order valence-electron chi connectivity index (χ3n) is 12.4. The highest BCUT2D eigenvalue weighted by Gasteiger charge is 2.45. The van der Waals surface area contributed by atoms with E-state index in [2.05, 4.69) is 45.4 Å². The lowest BCUT2D eigenvalue weighted by molar-refractivity contribution is -0.105. The second-order valence-electron chi connectivity index (χ2n) is 17.9. The van der Waals surface area contributed by atoms with Crippen molar-refractivity contribution < 1.29 is 46.9 Å². The van der Waals surface area contributed by atoms with Crippen LogP contribution in [0.1, 0.15) is 74.4 Å². The van der Waals surface area contributed by atoms with Gasteiger partial charge >= 0.3 is 0 Å². The molecule has 0 N–H and O–H groups in total. The van der Waals surface area contributed by atoms with E-state index in [1.165, 1.54) is 0 Å². The first-order valence-corrected chi connectivity index (χ1v) is 24.8.